The van der Waals surface area contributed by atoms with Crippen LogP contribution >= 0.6 is 0 Å². The number of amides is 1. The second kappa shape index (κ2) is 4.52. The molecule has 2 atom stereocenters. The number of aliphatic hydroxyl groups excluding tert-OH is 1. The fourth-order valence-corrected chi connectivity index (χ4v) is 2.78. The van der Waals surface area contributed by atoms with Crippen LogP contribution in [0, 0.1) is 11.8 Å². The van der Waals surface area contributed by atoms with Gasteiger partial charge in [0.2, 0.25) is 5.91 Å². The first-order valence-corrected chi connectivity index (χ1v) is 6.11. The van der Waals surface area contributed by atoms with Gasteiger partial charge in [0.15, 0.2) is 0 Å². The number of carbonyl (C=O) groups is 1. The van der Waals surface area contributed by atoms with Crippen molar-refractivity contribution in [2.75, 3.05) is 13.1 Å². The fraction of sp³-hybridized carbons (Fsp3) is 0.917. The van der Waals surface area contributed by atoms with Crippen LogP contribution in [0.1, 0.15) is 39.0 Å². The first kappa shape index (κ1) is 10.9. The summed E-state index contributed by atoms with van der Waals surface area (Å²) < 4.78 is 0. The zero-order valence-electron chi connectivity index (χ0n) is 9.48. The van der Waals surface area contributed by atoms with Crippen molar-refractivity contribution in [1.82, 2.24) is 4.90 Å². The van der Waals surface area contributed by atoms with Crippen molar-refractivity contribution in [2.24, 2.45) is 11.8 Å². The van der Waals surface area contributed by atoms with Gasteiger partial charge in [-0.2, -0.15) is 0 Å². The van der Waals surface area contributed by atoms with Gasteiger partial charge in [-0.15, -0.1) is 0 Å². The van der Waals surface area contributed by atoms with E-state index in [1.807, 2.05) is 0 Å². The van der Waals surface area contributed by atoms with Crippen molar-refractivity contribution in [3.05, 3.63) is 0 Å². The maximum absolute atomic E-state index is 11.8. The molecule has 1 heterocycles. The maximum atomic E-state index is 11.8. The average Bonchev–Trinajstić information content (AvgIpc) is 2.13. The van der Waals surface area contributed by atoms with E-state index in [2.05, 4.69) is 6.92 Å². The minimum atomic E-state index is -0.265. The van der Waals surface area contributed by atoms with Gasteiger partial charge >= 0.3 is 0 Å². The first-order valence-electron chi connectivity index (χ1n) is 6.11. The van der Waals surface area contributed by atoms with Crippen molar-refractivity contribution in [2.45, 2.75) is 45.1 Å². The van der Waals surface area contributed by atoms with Crippen molar-refractivity contribution < 1.29 is 9.90 Å². The highest BCUT2D eigenvalue weighted by Crippen LogP contribution is 2.31. The Balaban J connectivity index is 1.73. The summed E-state index contributed by atoms with van der Waals surface area (Å²) in [4.78, 5) is 13.5. The number of likely N-dealkylation sites (tertiary alicyclic amines) is 1. The van der Waals surface area contributed by atoms with E-state index in [1.165, 1.54) is 25.7 Å². The standard InChI is InChI=1S/C12H21NO2/c1-9-3-2-4-10(5-9)6-12(15)13-7-11(14)8-13/h9-11,14H,2-8H2,1H3. The zero-order valence-corrected chi connectivity index (χ0v) is 9.48. The van der Waals surface area contributed by atoms with Gasteiger partial charge in [-0.1, -0.05) is 19.8 Å². The van der Waals surface area contributed by atoms with Gasteiger partial charge in [0.25, 0.3) is 0 Å². The Hall–Kier alpha value is -0.570. The number of β-amino-alcohol motifs (C(OH)–C–C–N with tert-alkyl or cyclic N) is 1. The van der Waals surface area contributed by atoms with Crippen LogP contribution in [-0.2, 0) is 4.79 Å². The molecule has 0 aromatic heterocycles. The molecule has 0 bridgehead atoms. The minimum absolute atomic E-state index is 0.249. The van der Waals surface area contributed by atoms with Crippen LogP contribution in [0.5, 0.6) is 0 Å². The van der Waals surface area contributed by atoms with Crippen LogP contribution in [0.4, 0.5) is 0 Å². The molecule has 3 heteroatoms. The monoisotopic (exact) mass is 211 g/mol. The summed E-state index contributed by atoms with van der Waals surface area (Å²) in [6.07, 6.45) is 5.47. The van der Waals surface area contributed by atoms with Crippen molar-refractivity contribution in [3.63, 3.8) is 0 Å². The third-order valence-corrected chi connectivity index (χ3v) is 3.72. The predicted molar refractivity (Wildman–Crippen MR) is 58.3 cm³/mol. The lowest BCUT2D eigenvalue weighted by Gasteiger charge is -2.37. The summed E-state index contributed by atoms with van der Waals surface area (Å²) in [5.41, 5.74) is 0. The molecule has 0 aromatic rings. The lowest BCUT2D eigenvalue weighted by molar-refractivity contribution is -0.142. The summed E-state index contributed by atoms with van der Waals surface area (Å²) in [6, 6.07) is 0. The third kappa shape index (κ3) is 2.71. The highest BCUT2D eigenvalue weighted by molar-refractivity contribution is 5.77. The molecule has 15 heavy (non-hydrogen) atoms. The van der Waals surface area contributed by atoms with E-state index in [9.17, 15) is 4.79 Å². The lowest BCUT2D eigenvalue weighted by atomic mass is 9.80. The van der Waals surface area contributed by atoms with E-state index >= 15 is 0 Å². The van der Waals surface area contributed by atoms with Crippen LogP contribution in [0.25, 0.3) is 0 Å². The fourth-order valence-electron chi connectivity index (χ4n) is 2.78. The van der Waals surface area contributed by atoms with Gasteiger partial charge in [0.1, 0.15) is 0 Å². The SMILES string of the molecule is CC1CCCC(CC(=O)N2CC(O)C2)C1. The summed E-state index contributed by atoms with van der Waals surface area (Å²) >= 11 is 0. The molecule has 1 aliphatic heterocycles. The van der Waals surface area contributed by atoms with Crippen LogP contribution in [0.15, 0.2) is 0 Å². The van der Waals surface area contributed by atoms with Crippen molar-refractivity contribution >= 4 is 5.91 Å². The van der Waals surface area contributed by atoms with Crippen molar-refractivity contribution in [1.29, 1.82) is 0 Å². The Labute approximate surface area is 91.5 Å². The highest BCUT2D eigenvalue weighted by Gasteiger charge is 2.30. The Morgan fingerprint density at radius 1 is 1.40 bits per heavy atom. The second-order valence-electron chi connectivity index (χ2n) is 5.29. The van der Waals surface area contributed by atoms with Gasteiger partial charge in [-0.3, -0.25) is 4.79 Å². The predicted octanol–water partition coefficient (Wildman–Crippen LogP) is 1.41. The van der Waals surface area contributed by atoms with Crippen molar-refractivity contribution in [3.8, 4) is 0 Å². The summed E-state index contributed by atoms with van der Waals surface area (Å²) in [7, 11) is 0. The van der Waals surface area contributed by atoms with E-state index in [1.54, 1.807) is 4.90 Å². The number of hydrogen-bond donors (Lipinski definition) is 1. The lowest BCUT2D eigenvalue weighted by Crippen LogP contribution is -2.53. The Morgan fingerprint density at radius 2 is 2.13 bits per heavy atom. The van der Waals surface area contributed by atoms with Gasteiger partial charge in [-0.25, -0.2) is 0 Å². The van der Waals surface area contributed by atoms with Crippen LogP contribution in [0.3, 0.4) is 0 Å². The maximum Gasteiger partial charge on any atom is 0.223 e. The van der Waals surface area contributed by atoms with Gasteiger partial charge in [0, 0.05) is 19.5 Å². The summed E-state index contributed by atoms with van der Waals surface area (Å²) in [5.74, 6) is 1.64. The molecule has 2 fully saturated rings. The quantitative estimate of drug-likeness (QED) is 0.750. The second-order valence-corrected chi connectivity index (χ2v) is 5.29. The third-order valence-electron chi connectivity index (χ3n) is 3.72. The number of nitrogens with zero attached hydrogens (tertiary/aromatic N) is 1. The van der Waals surface area contributed by atoms with Gasteiger partial charge < -0.3 is 10.0 Å². The molecule has 0 radical (unpaired) electrons. The van der Waals surface area contributed by atoms with Gasteiger partial charge in [-0.05, 0) is 24.7 Å². The molecule has 86 valence electrons. The minimum Gasteiger partial charge on any atom is -0.389 e. The van der Waals surface area contributed by atoms with Crippen LogP contribution in [-0.4, -0.2) is 35.1 Å². The highest BCUT2D eigenvalue weighted by atomic mass is 16.3. The normalized spacial score (nSPS) is 32.5. The number of carbonyl (C=O) groups excluding carboxylic acids is 1. The number of hydrogen-bond acceptors (Lipinski definition) is 2. The Morgan fingerprint density at radius 3 is 2.73 bits per heavy atom. The smallest absolute Gasteiger partial charge is 0.223 e. The molecule has 1 amide bonds. The Kier molecular flexibility index (Phi) is 3.29. The van der Waals surface area contributed by atoms with E-state index in [-0.39, 0.29) is 12.0 Å². The summed E-state index contributed by atoms with van der Waals surface area (Å²) in [5, 5.41) is 9.12. The van der Waals surface area contributed by atoms with E-state index in [4.69, 9.17) is 5.11 Å². The van der Waals surface area contributed by atoms with E-state index in [0.29, 0.717) is 25.4 Å². The average molecular weight is 211 g/mol. The molecule has 0 aromatic carbocycles. The first-order chi connectivity index (χ1) is 7.15. The van der Waals surface area contributed by atoms with E-state index in [0.717, 1.165) is 5.92 Å². The molecule has 1 N–H and O–H groups in total. The molecule has 3 nitrogen and oxygen atoms in total. The van der Waals surface area contributed by atoms with E-state index < -0.39 is 0 Å². The molecule has 1 saturated carbocycles. The molecular weight excluding hydrogens is 190 g/mol. The zero-order chi connectivity index (χ0) is 10.8. The van der Waals surface area contributed by atoms with Gasteiger partial charge in [0.05, 0.1) is 6.10 Å². The summed E-state index contributed by atoms with van der Waals surface area (Å²) in [6.45, 7) is 3.40. The Bertz CT molecular complexity index is 236. The molecule has 1 aliphatic carbocycles. The van der Waals surface area contributed by atoms with Crippen LogP contribution < -0.4 is 0 Å². The van der Waals surface area contributed by atoms with Crippen LogP contribution in [0.2, 0.25) is 0 Å². The molecule has 0 spiro atoms. The number of rotatable bonds is 2. The molecule has 2 aliphatic rings. The molecular formula is C12H21NO2. The number of aliphatic hydroxyl groups is 1. The topological polar surface area (TPSA) is 40.5 Å². The molecule has 2 unspecified atom stereocenters. The molecule has 1 saturated heterocycles. The largest absolute Gasteiger partial charge is 0.389 e. The molecule has 2 rings (SSSR count).